The molecule has 0 radical (unpaired) electrons. The van der Waals surface area contributed by atoms with Crippen molar-refractivity contribution in [3.63, 3.8) is 0 Å². The Hall–Kier alpha value is -3.15. The fourth-order valence-corrected chi connectivity index (χ4v) is 2.24. The number of carbonyl (C=O) groups is 1. The molecule has 0 aliphatic carbocycles. The van der Waals surface area contributed by atoms with Gasteiger partial charge in [-0.1, -0.05) is 24.3 Å². The molecule has 6 nitrogen and oxygen atoms in total. The van der Waals surface area contributed by atoms with E-state index in [4.69, 9.17) is 10.2 Å². The number of ketones is 1. The van der Waals surface area contributed by atoms with Crippen LogP contribution in [0, 0.1) is 0 Å². The third kappa shape index (κ3) is 3.74. The first-order chi connectivity index (χ1) is 11.2. The number of Topliss-reactive ketones (excluding diaryl/α,β-unsaturated/α-hetero) is 1. The highest BCUT2D eigenvalue weighted by Crippen LogP contribution is 2.16. The van der Waals surface area contributed by atoms with Crippen molar-refractivity contribution in [3.8, 4) is 0 Å². The molecular formula is C17H16N4O2. The Morgan fingerprint density at radius 3 is 2.83 bits per heavy atom. The van der Waals surface area contributed by atoms with Crippen molar-refractivity contribution in [2.45, 2.75) is 13.0 Å². The van der Waals surface area contributed by atoms with E-state index in [0.29, 0.717) is 18.1 Å². The number of nitrogen functional groups attached to an aromatic ring is 1. The lowest BCUT2D eigenvalue weighted by Crippen LogP contribution is -2.06. The van der Waals surface area contributed by atoms with Crippen molar-refractivity contribution in [2.24, 2.45) is 0 Å². The van der Waals surface area contributed by atoms with Crippen LogP contribution in [0.4, 0.5) is 11.5 Å². The van der Waals surface area contributed by atoms with E-state index in [1.165, 1.54) is 12.7 Å². The molecular weight excluding hydrogens is 292 g/mol. The molecule has 0 unspecified atom stereocenters. The van der Waals surface area contributed by atoms with Crippen LogP contribution in [0.1, 0.15) is 21.6 Å². The maximum Gasteiger partial charge on any atom is 0.188 e. The van der Waals surface area contributed by atoms with Gasteiger partial charge in [0.25, 0.3) is 0 Å². The van der Waals surface area contributed by atoms with Gasteiger partial charge >= 0.3 is 0 Å². The predicted molar refractivity (Wildman–Crippen MR) is 87.0 cm³/mol. The number of nitrogens with one attached hydrogen (secondary N) is 1. The van der Waals surface area contributed by atoms with Gasteiger partial charge in [-0.3, -0.25) is 4.79 Å². The van der Waals surface area contributed by atoms with Gasteiger partial charge in [-0.2, -0.15) is 0 Å². The summed E-state index contributed by atoms with van der Waals surface area (Å²) < 4.78 is 4.84. The molecule has 0 saturated heterocycles. The summed E-state index contributed by atoms with van der Waals surface area (Å²) in [4.78, 5) is 20.0. The van der Waals surface area contributed by atoms with Crippen LogP contribution in [0.25, 0.3) is 0 Å². The molecule has 0 aliphatic rings. The molecule has 23 heavy (non-hydrogen) atoms. The SMILES string of the molecule is Nc1ncccc1NCc1cccc(CC(=O)c2cocn2)c1. The van der Waals surface area contributed by atoms with Crippen LogP contribution in [0.5, 0.6) is 0 Å². The molecule has 6 heteroatoms. The Bertz CT molecular complexity index is 800. The van der Waals surface area contributed by atoms with Gasteiger partial charge in [0.15, 0.2) is 12.2 Å². The molecule has 0 fully saturated rings. The van der Waals surface area contributed by atoms with Crippen LogP contribution in [-0.4, -0.2) is 15.8 Å². The number of nitrogens with two attached hydrogens (primary N) is 1. The van der Waals surface area contributed by atoms with Gasteiger partial charge in [-0.25, -0.2) is 9.97 Å². The molecule has 0 atom stereocenters. The highest BCUT2D eigenvalue weighted by atomic mass is 16.3. The third-order valence-electron chi connectivity index (χ3n) is 3.40. The number of aromatic nitrogens is 2. The topological polar surface area (TPSA) is 94.0 Å². The van der Waals surface area contributed by atoms with Gasteiger partial charge in [-0.15, -0.1) is 0 Å². The fraction of sp³-hybridized carbons (Fsp3) is 0.118. The lowest BCUT2D eigenvalue weighted by Gasteiger charge is -2.09. The zero-order chi connectivity index (χ0) is 16.1. The number of oxazole rings is 1. The van der Waals surface area contributed by atoms with Gasteiger partial charge in [0, 0.05) is 19.2 Å². The number of hydrogen-bond donors (Lipinski definition) is 2. The van der Waals surface area contributed by atoms with E-state index in [1.54, 1.807) is 6.20 Å². The van der Waals surface area contributed by atoms with E-state index in [1.807, 2.05) is 36.4 Å². The molecule has 0 aliphatic heterocycles. The number of anilines is 2. The van der Waals surface area contributed by atoms with E-state index < -0.39 is 0 Å². The van der Waals surface area contributed by atoms with Crippen molar-refractivity contribution in [2.75, 3.05) is 11.1 Å². The van der Waals surface area contributed by atoms with Crippen LogP contribution in [-0.2, 0) is 13.0 Å². The minimum absolute atomic E-state index is 0.0691. The molecule has 3 aromatic rings. The Morgan fingerprint density at radius 1 is 1.17 bits per heavy atom. The molecule has 2 heterocycles. The molecule has 0 spiro atoms. The van der Waals surface area contributed by atoms with Crippen molar-refractivity contribution in [3.05, 3.63) is 72.1 Å². The van der Waals surface area contributed by atoms with Gasteiger partial charge < -0.3 is 15.5 Å². The summed E-state index contributed by atoms with van der Waals surface area (Å²) in [6.07, 6.45) is 4.55. The average Bonchev–Trinajstić information content (AvgIpc) is 3.09. The van der Waals surface area contributed by atoms with Gasteiger partial charge in [0.1, 0.15) is 17.8 Å². The lowest BCUT2D eigenvalue weighted by molar-refractivity contribution is 0.0988. The van der Waals surface area contributed by atoms with Crippen molar-refractivity contribution >= 4 is 17.3 Å². The second-order valence-electron chi connectivity index (χ2n) is 5.08. The minimum Gasteiger partial charge on any atom is -0.451 e. The average molecular weight is 308 g/mol. The van der Waals surface area contributed by atoms with Crippen molar-refractivity contribution in [1.82, 2.24) is 9.97 Å². The van der Waals surface area contributed by atoms with Crippen LogP contribution in [0.2, 0.25) is 0 Å². The number of nitrogens with zero attached hydrogens (tertiary/aromatic N) is 2. The summed E-state index contributed by atoms with van der Waals surface area (Å²) in [5.74, 6) is 0.394. The zero-order valence-electron chi connectivity index (χ0n) is 12.4. The number of pyridine rings is 1. The summed E-state index contributed by atoms with van der Waals surface area (Å²) >= 11 is 0. The van der Waals surface area contributed by atoms with Gasteiger partial charge in [0.2, 0.25) is 0 Å². The Kier molecular flexibility index (Phi) is 4.33. The molecule has 2 aromatic heterocycles. The Morgan fingerprint density at radius 2 is 2.04 bits per heavy atom. The summed E-state index contributed by atoms with van der Waals surface area (Å²) in [5.41, 5.74) is 8.91. The van der Waals surface area contributed by atoms with Crippen LogP contribution in [0.15, 0.2) is 59.7 Å². The quantitative estimate of drug-likeness (QED) is 0.680. The summed E-state index contributed by atoms with van der Waals surface area (Å²) in [6, 6.07) is 11.5. The smallest absolute Gasteiger partial charge is 0.188 e. The number of hydrogen-bond acceptors (Lipinski definition) is 6. The summed E-state index contributed by atoms with van der Waals surface area (Å²) in [5, 5.41) is 3.24. The molecule has 0 bridgehead atoms. The first kappa shape index (κ1) is 14.8. The maximum atomic E-state index is 12.0. The van der Waals surface area contributed by atoms with Crippen LogP contribution < -0.4 is 11.1 Å². The predicted octanol–water partition coefficient (Wildman–Crippen LogP) is 2.69. The normalized spacial score (nSPS) is 10.4. The van der Waals surface area contributed by atoms with Crippen LogP contribution >= 0.6 is 0 Å². The molecule has 3 N–H and O–H groups in total. The van der Waals surface area contributed by atoms with E-state index in [0.717, 1.165) is 16.8 Å². The highest BCUT2D eigenvalue weighted by Gasteiger charge is 2.10. The van der Waals surface area contributed by atoms with E-state index >= 15 is 0 Å². The molecule has 0 amide bonds. The van der Waals surface area contributed by atoms with E-state index in [9.17, 15) is 4.79 Å². The number of carbonyl (C=O) groups excluding carboxylic acids is 1. The highest BCUT2D eigenvalue weighted by molar-refractivity contribution is 5.95. The number of rotatable bonds is 6. The summed E-state index contributed by atoms with van der Waals surface area (Å²) in [6.45, 7) is 0.599. The fourth-order valence-electron chi connectivity index (χ4n) is 2.24. The second kappa shape index (κ2) is 6.74. The third-order valence-corrected chi connectivity index (χ3v) is 3.40. The first-order valence-corrected chi connectivity index (χ1v) is 7.16. The Balaban J connectivity index is 1.65. The standard InChI is InChI=1S/C17H16N4O2/c18-17-14(5-2-6-19-17)20-9-13-4-1-3-12(7-13)8-16(22)15-10-23-11-21-15/h1-7,10-11,20H,8-9H2,(H2,18,19). The molecule has 0 saturated carbocycles. The second-order valence-corrected chi connectivity index (χ2v) is 5.08. The largest absolute Gasteiger partial charge is 0.451 e. The first-order valence-electron chi connectivity index (χ1n) is 7.16. The summed E-state index contributed by atoms with van der Waals surface area (Å²) in [7, 11) is 0. The Labute approximate surface area is 133 Å². The zero-order valence-corrected chi connectivity index (χ0v) is 12.4. The minimum atomic E-state index is -0.0691. The van der Waals surface area contributed by atoms with Gasteiger partial charge in [0.05, 0.1) is 5.69 Å². The van der Waals surface area contributed by atoms with Crippen molar-refractivity contribution in [1.29, 1.82) is 0 Å². The molecule has 3 rings (SSSR count). The van der Waals surface area contributed by atoms with E-state index in [-0.39, 0.29) is 12.2 Å². The van der Waals surface area contributed by atoms with Crippen LogP contribution in [0.3, 0.4) is 0 Å². The molecule has 1 aromatic carbocycles. The maximum absolute atomic E-state index is 12.0. The van der Waals surface area contributed by atoms with E-state index in [2.05, 4.69) is 15.3 Å². The number of benzene rings is 1. The lowest BCUT2D eigenvalue weighted by atomic mass is 10.0. The molecule has 116 valence electrons. The monoisotopic (exact) mass is 308 g/mol. The van der Waals surface area contributed by atoms with Crippen molar-refractivity contribution < 1.29 is 9.21 Å². The van der Waals surface area contributed by atoms with Gasteiger partial charge in [-0.05, 0) is 23.3 Å².